The van der Waals surface area contributed by atoms with Gasteiger partial charge in [-0.25, -0.2) is 4.99 Å². The van der Waals surface area contributed by atoms with E-state index in [4.69, 9.17) is 29.6 Å². The maximum Gasteiger partial charge on any atom is 0.198 e. The average molecular weight is 284 g/mol. The van der Waals surface area contributed by atoms with Gasteiger partial charge in [0.25, 0.3) is 0 Å². The van der Waals surface area contributed by atoms with Gasteiger partial charge < -0.3 is 16.4 Å². The van der Waals surface area contributed by atoms with E-state index in [1.807, 2.05) is 0 Å². The van der Waals surface area contributed by atoms with E-state index in [0.29, 0.717) is 23.6 Å². The molecule has 1 aromatic heterocycles. The van der Waals surface area contributed by atoms with Crippen molar-refractivity contribution in [3.05, 3.63) is 29.0 Å². The summed E-state index contributed by atoms with van der Waals surface area (Å²) in [7, 11) is 0. The molecule has 7 heteroatoms. The van der Waals surface area contributed by atoms with Gasteiger partial charge in [-0.1, -0.05) is 11.6 Å². The van der Waals surface area contributed by atoms with Gasteiger partial charge >= 0.3 is 0 Å². The molecule has 4 N–H and O–H groups in total. The molecule has 18 heavy (non-hydrogen) atoms. The topological polar surface area (TPSA) is 75.3 Å². The molecule has 0 spiro atoms. The number of guanidine groups is 1. The van der Waals surface area contributed by atoms with Crippen LogP contribution >= 0.6 is 23.8 Å². The fourth-order valence-corrected chi connectivity index (χ4v) is 1.63. The number of pyridine rings is 1. The predicted octanol–water partition coefficient (Wildman–Crippen LogP) is 1.18. The van der Waals surface area contributed by atoms with Gasteiger partial charge in [0.15, 0.2) is 11.1 Å². The number of aromatic nitrogens is 1. The summed E-state index contributed by atoms with van der Waals surface area (Å²) in [5, 5.41) is 6.82. The van der Waals surface area contributed by atoms with Crippen molar-refractivity contribution in [2.75, 3.05) is 0 Å². The Balaban J connectivity index is 2.02. The molecule has 5 nitrogen and oxygen atoms in total. The highest BCUT2D eigenvalue weighted by atomic mass is 35.5. The first-order valence-electron chi connectivity index (χ1n) is 5.62. The number of halogens is 1. The summed E-state index contributed by atoms with van der Waals surface area (Å²) in [6.45, 7) is 0.379. The average Bonchev–Trinajstić information content (AvgIpc) is 3.11. The molecule has 0 aromatic carbocycles. The standard InChI is InChI=1S/C11H14ClN5S/c12-8-2-1-5-14-9(8)6-15-11(17-10(13)18)16-7-3-4-7/h1-2,5,7H,3-4,6H2,(H4,13,15,16,17,18). The van der Waals surface area contributed by atoms with Crippen LogP contribution in [0.1, 0.15) is 18.5 Å². The van der Waals surface area contributed by atoms with Crippen molar-refractivity contribution >= 4 is 34.9 Å². The minimum atomic E-state index is 0.189. The molecule has 0 unspecified atom stereocenters. The third-order valence-corrected chi connectivity index (χ3v) is 2.83. The van der Waals surface area contributed by atoms with Crippen molar-refractivity contribution in [3.8, 4) is 0 Å². The normalized spacial score (nSPS) is 15.3. The zero-order chi connectivity index (χ0) is 13.0. The summed E-state index contributed by atoms with van der Waals surface area (Å²) < 4.78 is 0. The Labute approximate surface area is 116 Å². The number of hydrogen-bond acceptors (Lipinski definition) is 3. The summed E-state index contributed by atoms with van der Waals surface area (Å²) in [6, 6.07) is 4.03. The minimum Gasteiger partial charge on any atom is -0.376 e. The van der Waals surface area contributed by atoms with Crippen LogP contribution in [0, 0.1) is 0 Å². The second-order valence-corrected chi connectivity index (χ2v) is 4.85. The third kappa shape index (κ3) is 4.12. The highest BCUT2D eigenvalue weighted by Crippen LogP contribution is 2.18. The predicted molar refractivity (Wildman–Crippen MR) is 76.5 cm³/mol. The SMILES string of the molecule is NC(=S)NC(=NCc1ncccc1Cl)NC1CC1. The van der Waals surface area contributed by atoms with Gasteiger partial charge in [0.2, 0.25) is 0 Å². The van der Waals surface area contributed by atoms with Crippen LogP contribution in [-0.2, 0) is 6.54 Å². The van der Waals surface area contributed by atoms with Gasteiger partial charge in [0.05, 0.1) is 17.3 Å². The maximum atomic E-state index is 6.01. The van der Waals surface area contributed by atoms with Gasteiger partial charge in [0.1, 0.15) is 0 Å². The van der Waals surface area contributed by atoms with Crippen LogP contribution in [0.2, 0.25) is 5.02 Å². The molecule has 1 aliphatic rings. The fraction of sp³-hybridized carbons (Fsp3) is 0.364. The Morgan fingerprint density at radius 1 is 1.61 bits per heavy atom. The molecule has 1 aromatic rings. The molecule has 0 saturated heterocycles. The van der Waals surface area contributed by atoms with Crippen LogP contribution in [0.15, 0.2) is 23.3 Å². The number of aliphatic imine (C=N–C) groups is 1. The van der Waals surface area contributed by atoms with Crippen LogP contribution in [0.25, 0.3) is 0 Å². The van der Waals surface area contributed by atoms with E-state index in [1.165, 1.54) is 0 Å². The third-order valence-electron chi connectivity index (χ3n) is 2.38. The molecule has 1 saturated carbocycles. The molecule has 0 bridgehead atoms. The maximum absolute atomic E-state index is 6.01. The van der Waals surface area contributed by atoms with E-state index in [0.717, 1.165) is 18.5 Å². The van der Waals surface area contributed by atoms with Gasteiger partial charge in [0, 0.05) is 12.2 Å². The van der Waals surface area contributed by atoms with Crippen LogP contribution in [-0.4, -0.2) is 22.1 Å². The lowest BCUT2D eigenvalue weighted by atomic mass is 10.3. The largest absolute Gasteiger partial charge is 0.376 e. The van der Waals surface area contributed by atoms with Crippen molar-refractivity contribution in [2.24, 2.45) is 10.7 Å². The second kappa shape index (κ2) is 5.97. The van der Waals surface area contributed by atoms with Crippen molar-refractivity contribution in [2.45, 2.75) is 25.4 Å². The van der Waals surface area contributed by atoms with Crippen LogP contribution < -0.4 is 16.4 Å². The fourth-order valence-electron chi connectivity index (χ4n) is 1.35. The van der Waals surface area contributed by atoms with E-state index < -0.39 is 0 Å². The number of nitrogens with two attached hydrogens (primary N) is 1. The monoisotopic (exact) mass is 283 g/mol. The van der Waals surface area contributed by atoms with Crippen molar-refractivity contribution in [1.29, 1.82) is 0 Å². The summed E-state index contributed by atoms with van der Waals surface area (Å²) in [4.78, 5) is 8.52. The molecular formula is C11H14ClN5S. The highest BCUT2D eigenvalue weighted by molar-refractivity contribution is 7.80. The zero-order valence-electron chi connectivity index (χ0n) is 9.69. The second-order valence-electron chi connectivity index (χ2n) is 4.00. The number of hydrogen-bond donors (Lipinski definition) is 3. The number of thiocarbonyl (C=S) groups is 1. The highest BCUT2D eigenvalue weighted by Gasteiger charge is 2.22. The van der Waals surface area contributed by atoms with Gasteiger partial charge in [-0.3, -0.25) is 4.98 Å². The van der Waals surface area contributed by atoms with E-state index in [2.05, 4.69) is 20.6 Å². The quantitative estimate of drug-likeness (QED) is 0.441. The first-order chi connectivity index (χ1) is 8.65. The molecule has 0 amide bonds. The lowest BCUT2D eigenvalue weighted by Crippen LogP contribution is -2.44. The van der Waals surface area contributed by atoms with Crippen LogP contribution in [0.4, 0.5) is 0 Å². The summed E-state index contributed by atoms with van der Waals surface area (Å²) >= 11 is 10.8. The van der Waals surface area contributed by atoms with Crippen LogP contribution in [0.5, 0.6) is 0 Å². The Morgan fingerprint density at radius 3 is 3.00 bits per heavy atom. The number of nitrogens with zero attached hydrogens (tertiary/aromatic N) is 2. The van der Waals surface area contributed by atoms with Gasteiger partial charge in [-0.15, -0.1) is 0 Å². The van der Waals surface area contributed by atoms with Crippen molar-refractivity contribution < 1.29 is 0 Å². The molecule has 1 aliphatic carbocycles. The van der Waals surface area contributed by atoms with E-state index >= 15 is 0 Å². The van der Waals surface area contributed by atoms with Gasteiger partial charge in [-0.2, -0.15) is 0 Å². The molecule has 0 radical (unpaired) electrons. The molecule has 96 valence electrons. The first kappa shape index (κ1) is 13.0. The smallest absolute Gasteiger partial charge is 0.198 e. The summed E-state index contributed by atoms with van der Waals surface area (Å²) in [5.41, 5.74) is 6.17. The molecule has 0 atom stereocenters. The van der Waals surface area contributed by atoms with Crippen molar-refractivity contribution in [3.63, 3.8) is 0 Å². The number of nitrogens with one attached hydrogen (secondary N) is 2. The molecule has 2 rings (SSSR count). The Kier molecular flexibility index (Phi) is 4.33. The Bertz CT molecular complexity index is 472. The molecule has 1 heterocycles. The Hall–Kier alpha value is -1.40. The molecular weight excluding hydrogens is 270 g/mol. The number of rotatable bonds is 3. The lowest BCUT2D eigenvalue weighted by Gasteiger charge is -2.10. The van der Waals surface area contributed by atoms with Gasteiger partial charge in [-0.05, 0) is 37.2 Å². The van der Waals surface area contributed by atoms with Crippen molar-refractivity contribution in [1.82, 2.24) is 15.6 Å². The Morgan fingerprint density at radius 2 is 2.39 bits per heavy atom. The zero-order valence-corrected chi connectivity index (χ0v) is 11.3. The van der Waals surface area contributed by atoms with E-state index in [1.54, 1.807) is 18.3 Å². The lowest BCUT2D eigenvalue weighted by molar-refractivity contribution is 0.857. The first-order valence-corrected chi connectivity index (χ1v) is 6.40. The summed E-state index contributed by atoms with van der Waals surface area (Å²) in [6.07, 6.45) is 3.97. The molecule has 1 fully saturated rings. The molecule has 0 aliphatic heterocycles. The van der Waals surface area contributed by atoms with E-state index in [-0.39, 0.29) is 5.11 Å². The van der Waals surface area contributed by atoms with E-state index in [9.17, 15) is 0 Å². The minimum absolute atomic E-state index is 0.189. The summed E-state index contributed by atoms with van der Waals surface area (Å²) in [5.74, 6) is 0.576. The van der Waals surface area contributed by atoms with Crippen LogP contribution in [0.3, 0.4) is 0 Å².